The molecule has 4 heterocycles. The van der Waals surface area contributed by atoms with Crippen LogP contribution in [0.4, 0.5) is 0 Å². The first-order valence-electron chi connectivity index (χ1n) is 44.1. The smallest absolute Gasteiger partial charge is 0.507 e. The van der Waals surface area contributed by atoms with Crippen LogP contribution < -0.4 is 4.74 Å². The van der Waals surface area contributed by atoms with Crippen LogP contribution in [0, 0.1) is 62.3 Å². The lowest BCUT2D eigenvalue weighted by Crippen LogP contribution is -2.71. The highest BCUT2D eigenvalue weighted by Gasteiger charge is 2.41. The zero-order chi connectivity index (χ0) is 96.7. The van der Waals surface area contributed by atoms with E-state index >= 15 is 0 Å². The summed E-state index contributed by atoms with van der Waals surface area (Å²) < 4.78 is 5.40. The molecule has 0 amide bonds. The molecule has 702 valence electrons. The molecule has 4 aliphatic heterocycles. The van der Waals surface area contributed by atoms with Crippen molar-refractivity contribution < 1.29 is 99.3 Å². The first-order chi connectivity index (χ1) is 62.2. The molecule has 0 aromatic heterocycles. The van der Waals surface area contributed by atoms with Gasteiger partial charge in [-0.1, -0.05) is 169 Å². The average molecular weight is 1810 g/mol. The third kappa shape index (κ3) is 19.4. The predicted molar refractivity (Wildman–Crippen MR) is 519 cm³/mol. The van der Waals surface area contributed by atoms with Gasteiger partial charge in [-0.3, -0.25) is 29.2 Å². The molecular weight excluding hydrogens is 1680 g/mol. The fraction of sp³-hybridized carbons (Fsp3) is 0.327. The van der Waals surface area contributed by atoms with E-state index in [9.17, 15) is 86.2 Å². The Morgan fingerprint density at radius 3 is 0.692 bits per heavy atom. The van der Waals surface area contributed by atoms with E-state index in [1.54, 1.807) is 90.9 Å². The van der Waals surface area contributed by atoms with Gasteiger partial charge >= 0.3 is 2.85 Å². The third-order valence-electron chi connectivity index (χ3n) is 28.0. The van der Waals surface area contributed by atoms with Crippen molar-refractivity contribution in [1.82, 2.24) is 19.6 Å². The molecule has 0 saturated carbocycles. The fourth-order valence-corrected chi connectivity index (χ4v) is 19.0. The lowest BCUT2D eigenvalue weighted by molar-refractivity contribution is -0.194. The Balaban J connectivity index is 0.000000212. The van der Waals surface area contributed by atoms with Crippen molar-refractivity contribution in [1.29, 1.82) is 0 Å². The van der Waals surface area contributed by atoms with Crippen LogP contribution in [0.2, 0.25) is 0 Å². The number of rotatable bonds is 23. The number of aliphatic hydroxyl groups is 5. The number of carbonyl (C=O) groups is 2. The molecular formula is C110H130N4O19+2. The van der Waals surface area contributed by atoms with E-state index in [0.717, 1.165) is 89.0 Å². The second-order valence-electron chi connectivity index (χ2n) is 38.0. The van der Waals surface area contributed by atoms with Crippen LogP contribution in [0.5, 0.6) is 63.2 Å². The Labute approximate surface area is 782 Å². The fourth-order valence-electron chi connectivity index (χ4n) is 19.0. The molecule has 23 nitrogen and oxygen atoms in total. The summed E-state index contributed by atoms with van der Waals surface area (Å²) in [5.41, 5.74) is 17.9. The van der Waals surface area contributed by atoms with E-state index in [0.29, 0.717) is 90.6 Å². The quantitative estimate of drug-likeness (QED) is 0.0161. The zero-order valence-corrected chi connectivity index (χ0v) is 79.5. The molecule has 4 bridgehead atoms. The topological polar surface area (TPSA) is 391 Å². The van der Waals surface area contributed by atoms with Crippen LogP contribution >= 0.6 is 0 Å². The van der Waals surface area contributed by atoms with Crippen molar-refractivity contribution in [2.45, 2.75) is 190 Å². The van der Waals surface area contributed by atoms with Gasteiger partial charge in [-0.15, -0.1) is 0 Å². The van der Waals surface area contributed by atoms with Gasteiger partial charge in [-0.25, -0.2) is 0 Å². The monoisotopic (exact) mass is 1810 g/mol. The SMILES string of the molecule is C1N2CN3CN1CN(C2)C3.COc1cc(C(C)(C)c2ccc(C(C)(c3cc(C)c(O)c(C=O)c3)c3cc(C)c(O)c(C=O)c3)cc2)cc(C)c1O.Cc1cc(C(C)(C)c2ccc(C(C)(c3cc(C)c(O)c(CO)c3)c3cc(C)c(O)c(CO)c3)cc2)cc(CO)c1O.Cc1cc(C(C)(C)c2ccc(C(C)(c3cc(C)c(O)c(CO)c3)c3cc(C)c(O)c(CO)c3)cc2)cc(O)c1O.O.[H+].[H+]. The van der Waals surface area contributed by atoms with Crippen molar-refractivity contribution >= 4 is 12.6 Å². The Bertz CT molecular complexity index is 6090. The standard InChI is InChI=1S/C35H36O6.C35H40O6.C34H38O6.C6H12N4.H2O/c1-20-13-28(15-23(18-36)31(20)38)35(6,29-14-21(2)32(39)24(16-29)19-37)26-10-8-25(9-11-26)34(4,5)27-12-22(3)33(40)30(17-27)41-7;1-20-11-28(14-23(17-36)31(20)39)34(4,5)26-7-9-27(10-8-26)35(6,29-12-21(2)32(40)24(15-29)18-37)30-13-22(3)33(41)25(16-30)19-38;1-19-12-27(14-22(17-35)30(19)38)34(6,28-13-20(2)31(39)23(15-28)18-36)25-9-7-24(8-10-25)33(4,5)26-11-21(3)32(40)29(37)16-26;1-7-2-9-4-8(1)5-10(3-7)6-9;/h8-19,38-40H,1-7H3;7-16,36-41H,17-19H2,1-6H3;7-16,35-40H,17-18H2,1-6H3;1-6H2;1H2/p+2. The summed E-state index contributed by atoms with van der Waals surface area (Å²) in [6.45, 7) is 40.3. The third-order valence-corrected chi connectivity index (χ3v) is 28.0. The first kappa shape index (κ1) is 101. The number of methoxy groups -OCH3 is 1. The van der Waals surface area contributed by atoms with Crippen molar-refractivity contribution in [3.63, 3.8) is 0 Å². The molecule has 17 N–H and O–H groups in total. The van der Waals surface area contributed by atoms with Gasteiger partial charge in [0.2, 0.25) is 0 Å². The molecule has 0 radical (unpaired) electrons. The van der Waals surface area contributed by atoms with E-state index in [4.69, 9.17) is 4.74 Å². The van der Waals surface area contributed by atoms with Crippen LogP contribution in [-0.4, -0.2) is 161 Å². The van der Waals surface area contributed by atoms with Crippen LogP contribution in [0.15, 0.2) is 182 Å². The highest BCUT2D eigenvalue weighted by molar-refractivity contribution is 5.83. The van der Waals surface area contributed by atoms with Gasteiger partial charge in [0.25, 0.3) is 0 Å². The summed E-state index contributed by atoms with van der Waals surface area (Å²) in [6.07, 6.45) is 1.26. The van der Waals surface area contributed by atoms with Gasteiger partial charge in [0.05, 0.1) is 91.3 Å². The maximum Gasteiger partial charge on any atom is 1.00 e. The molecule has 0 aliphatic carbocycles. The van der Waals surface area contributed by atoms with Crippen molar-refractivity contribution in [3.05, 3.63) is 354 Å². The van der Waals surface area contributed by atoms with E-state index in [2.05, 4.69) is 99.3 Å². The minimum absolute atomic E-state index is 0. The molecule has 0 atom stereocenters. The summed E-state index contributed by atoms with van der Waals surface area (Å²) in [7, 11) is 1.53. The van der Waals surface area contributed by atoms with Gasteiger partial charge < -0.3 is 86.8 Å². The Morgan fingerprint density at radius 1 is 0.263 bits per heavy atom. The maximum atomic E-state index is 11.8. The first-order valence-corrected chi connectivity index (χ1v) is 44.1. The molecule has 16 rings (SSSR count). The molecule has 133 heavy (non-hydrogen) atoms. The van der Waals surface area contributed by atoms with Gasteiger partial charge in [0, 0.05) is 60.3 Å². The predicted octanol–water partition coefficient (Wildman–Crippen LogP) is 17.4. The Kier molecular flexibility index (Phi) is 30.1. The van der Waals surface area contributed by atoms with Crippen molar-refractivity contribution in [2.75, 3.05) is 47.1 Å². The average Bonchev–Trinajstić information content (AvgIpc) is 0.746. The molecule has 0 spiro atoms. The number of aldehydes is 2. The number of ether oxygens (including phenoxy) is 1. The summed E-state index contributed by atoms with van der Waals surface area (Å²) >= 11 is 0. The number of benzene rings is 12. The number of hydrogen-bond donors (Lipinski definition) is 15. The summed E-state index contributed by atoms with van der Waals surface area (Å²) in [5, 5.41) is 154. The maximum absolute atomic E-state index is 11.8. The molecule has 4 fully saturated rings. The highest BCUT2D eigenvalue weighted by Crippen LogP contribution is 2.51. The van der Waals surface area contributed by atoms with Crippen LogP contribution in [-0.2, 0) is 65.5 Å². The lowest BCUT2D eigenvalue weighted by Gasteiger charge is -2.56. The number of aryl methyl sites for hydroxylation is 9. The largest absolute Gasteiger partial charge is 1.00 e. The van der Waals surface area contributed by atoms with Gasteiger partial charge in [0.1, 0.15) is 40.2 Å². The lowest BCUT2D eigenvalue weighted by atomic mass is 9.68. The number of phenols is 10. The normalized spacial score (nSPS) is 15.3. The number of hydrogen-bond acceptors (Lipinski definition) is 22. The van der Waals surface area contributed by atoms with Crippen LogP contribution in [0.25, 0.3) is 0 Å². The van der Waals surface area contributed by atoms with Gasteiger partial charge in [-0.2, -0.15) is 0 Å². The van der Waals surface area contributed by atoms with E-state index in [1.165, 1.54) is 47.1 Å². The zero-order valence-electron chi connectivity index (χ0n) is 81.5. The summed E-state index contributed by atoms with van der Waals surface area (Å²) in [4.78, 5) is 33.6. The molecule has 4 aliphatic rings. The summed E-state index contributed by atoms with van der Waals surface area (Å²) in [5.74, 6) is 0.441. The van der Waals surface area contributed by atoms with Gasteiger partial charge in [0.15, 0.2) is 35.6 Å². The number of nitrogens with zero attached hydrogens (tertiary/aromatic N) is 4. The van der Waals surface area contributed by atoms with Crippen LogP contribution in [0.1, 0.15) is 247 Å². The molecule has 4 saturated heterocycles. The molecule has 0 unspecified atom stereocenters. The Hall–Kier alpha value is -12.6. The molecule has 12 aromatic carbocycles. The number of carbonyl (C=O) groups excluding carboxylic acids is 2. The van der Waals surface area contributed by atoms with E-state index in [-0.39, 0.29) is 110 Å². The van der Waals surface area contributed by atoms with Gasteiger partial charge in [-0.05, 0) is 271 Å². The number of aromatic hydroxyl groups is 10. The summed E-state index contributed by atoms with van der Waals surface area (Å²) in [6, 6.07) is 57.4. The highest BCUT2D eigenvalue weighted by atomic mass is 16.5. The van der Waals surface area contributed by atoms with Crippen molar-refractivity contribution in [3.8, 4) is 63.2 Å². The molecule has 23 heteroatoms. The van der Waals surface area contributed by atoms with E-state index < -0.39 is 32.5 Å². The number of aliphatic hydroxyl groups excluding tert-OH is 5. The molecule has 12 aromatic rings. The number of phenolic OH excluding ortho intramolecular Hbond substituents is 5. The van der Waals surface area contributed by atoms with Crippen molar-refractivity contribution in [2.24, 2.45) is 0 Å². The second kappa shape index (κ2) is 39.7. The minimum Gasteiger partial charge on any atom is -0.507 e. The minimum atomic E-state index is -0.854. The van der Waals surface area contributed by atoms with E-state index in [1.807, 2.05) is 136 Å². The second-order valence-corrected chi connectivity index (χ2v) is 38.0. The Morgan fingerprint density at radius 2 is 0.459 bits per heavy atom. The van der Waals surface area contributed by atoms with Crippen LogP contribution in [0.3, 0.4) is 0 Å².